The lowest BCUT2D eigenvalue weighted by molar-refractivity contribution is -0.140. The Kier molecular flexibility index (Phi) is 4.91. The largest absolute Gasteiger partial charge is 0.508 e. The second-order valence-electron chi connectivity index (χ2n) is 10.5. The molecule has 0 spiro atoms. The minimum absolute atomic E-state index is 0.00518. The van der Waals surface area contributed by atoms with Crippen molar-refractivity contribution in [2.75, 3.05) is 13.1 Å². The van der Waals surface area contributed by atoms with Gasteiger partial charge in [0, 0.05) is 37.2 Å². The van der Waals surface area contributed by atoms with E-state index in [9.17, 15) is 19.8 Å². The van der Waals surface area contributed by atoms with Crippen LogP contribution in [-0.2, 0) is 4.79 Å². The van der Waals surface area contributed by atoms with Crippen LogP contribution in [0, 0.1) is 23.2 Å². The summed E-state index contributed by atoms with van der Waals surface area (Å²) in [7, 11) is 0. The number of phenols is 2. The maximum absolute atomic E-state index is 13.1. The van der Waals surface area contributed by atoms with Gasteiger partial charge in [0.1, 0.15) is 11.5 Å². The van der Waals surface area contributed by atoms with Gasteiger partial charge in [0.05, 0.1) is 0 Å². The number of nitrogens with zero attached hydrogens (tertiary/aromatic N) is 1. The molecule has 1 heterocycles. The summed E-state index contributed by atoms with van der Waals surface area (Å²) >= 11 is 0. The van der Waals surface area contributed by atoms with Crippen LogP contribution in [0.1, 0.15) is 68.1 Å². The van der Waals surface area contributed by atoms with Gasteiger partial charge in [0.15, 0.2) is 0 Å². The van der Waals surface area contributed by atoms with E-state index in [1.807, 2.05) is 4.90 Å². The topological polar surface area (TPSA) is 89.9 Å². The summed E-state index contributed by atoms with van der Waals surface area (Å²) in [5.41, 5.74) is 0.515. The predicted octanol–water partition coefficient (Wildman–Crippen LogP) is 3.43. The zero-order valence-electron chi connectivity index (χ0n) is 17.5. The molecule has 2 amide bonds. The zero-order valence-corrected chi connectivity index (χ0v) is 17.5. The minimum Gasteiger partial charge on any atom is -0.508 e. The van der Waals surface area contributed by atoms with Crippen molar-refractivity contribution in [3.8, 4) is 11.5 Å². The van der Waals surface area contributed by atoms with Crippen LogP contribution < -0.4 is 5.32 Å². The van der Waals surface area contributed by atoms with Gasteiger partial charge >= 0.3 is 0 Å². The lowest BCUT2D eigenvalue weighted by Crippen LogP contribution is -2.50. The highest BCUT2D eigenvalue weighted by Crippen LogP contribution is 2.61. The molecule has 0 unspecified atom stereocenters. The van der Waals surface area contributed by atoms with Gasteiger partial charge in [-0.3, -0.25) is 9.59 Å². The number of carbonyl (C=O) groups excluding carboxylic acids is 2. The van der Waals surface area contributed by atoms with E-state index in [4.69, 9.17) is 0 Å². The highest BCUT2D eigenvalue weighted by molar-refractivity contribution is 5.95. The third-order valence-electron chi connectivity index (χ3n) is 8.04. The lowest BCUT2D eigenvalue weighted by atomic mass is 9.49. The number of phenolic OH excluding ortho intramolecular Hbond substituents is 2. The Morgan fingerprint density at radius 2 is 1.47 bits per heavy atom. The maximum atomic E-state index is 13.1. The van der Waals surface area contributed by atoms with Crippen LogP contribution >= 0.6 is 0 Å². The molecule has 6 heteroatoms. The van der Waals surface area contributed by atoms with Crippen LogP contribution in [0.2, 0.25) is 0 Å². The Hall–Kier alpha value is -2.24. The van der Waals surface area contributed by atoms with Gasteiger partial charge < -0.3 is 20.4 Å². The van der Waals surface area contributed by atoms with E-state index in [1.54, 1.807) is 0 Å². The molecule has 1 aliphatic heterocycles. The van der Waals surface area contributed by atoms with Gasteiger partial charge in [0.25, 0.3) is 5.91 Å². The van der Waals surface area contributed by atoms with Gasteiger partial charge in [0.2, 0.25) is 5.91 Å². The number of benzene rings is 1. The molecule has 0 radical (unpaired) electrons. The predicted molar refractivity (Wildman–Crippen MR) is 112 cm³/mol. The molecule has 0 aromatic heterocycles. The molecular formula is C24H32N2O4. The zero-order chi connectivity index (χ0) is 20.9. The SMILES string of the molecule is O=C(NC1CCN(C(=O)CC23CC4CC(CC(C4)C2)C3)CC1)c1cc(O)cc(O)c1. The standard InChI is InChI=1S/C24H32N2O4/c27-20-8-18(9-21(28)10-20)23(30)25-19-1-3-26(4-2-19)22(29)14-24-11-15-5-16(12-24)7-17(6-15)13-24/h8-10,15-17,19,27-28H,1-7,11-14H2,(H,25,30). The van der Waals surface area contributed by atoms with Crippen molar-refractivity contribution >= 4 is 11.8 Å². The summed E-state index contributed by atoms with van der Waals surface area (Å²) in [6.07, 6.45) is 10.2. The van der Waals surface area contributed by atoms with Crippen LogP contribution in [0.4, 0.5) is 0 Å². The molecule has 3 N–H and O–H groups in total. The van der Waals surface area contributed by atoms with Gasteiger partial charge in [-0.1, -0.05) is 0 Å². The number of hydrogen-bond acceptors (Lipinski definition) is 4. The molecular weight excluding hydrogens is 380 g/mol. The van der Waals surface area contributed by atoms with E-state index in [1.165, 1.54) is 56.7 Å². The number of aromatic hydroxyl groups is 2. The Bertz CT molecular complexity index is 788. The molecule has 4 aliphatic carbocycles. The number of likely N-dealkylation sites (tertiary alicyclic amines) is 1. The summed E-state index contributed by atoms with van der Waals surface area (Å²) < 4.78 is 0. The summed E-state index contributed by atoms with van der Waals surface area (Å²) in [5.74, 6) is 2.32. The fourth-order valence-corrected chi connectivity index (χ4v) is 7.21. The number of piperidine rings is 1. The van der Waals surface area contributed by atoms with E-state index in [0.29, 0.717) is 19.0 Å². The minimum atomic E-state index is -0.306. The van der Waals surface area contributed by atoms with E-state index in [-0.39, 0.29) is 34.4 Å². The second kappa shape index (κ2) is 7.47. The smallest absolute Gasteiger partial charge is 0.251 e. The Balaban J connectivity index is 1.13. The fourth-order valence-electron chi connectivity index (χ4n) is 7.21. The summed E-state index contributed by atoms with van der Waals surface area (Å²) in [5, 5.41) is 22.1. The molecule has 1 saturated heterocycles. The molecule has 1 aromatic rings. The average Bonchev–Trinajstić information content (AvgIpc) is 2.66. The normalized spacial score (nSPS) is 32.9. The first-order valence-corrected chi connectivity index (χ1v) is 11.5. The average molecular weight is 413 g/mol. The third kappa shape index (κ3) is 3.88. The molecule has 0 atom stereocenters. The first-order chi connectivity index (χ1) is 14.4. The van der Waals surface area contributed by atoms with E-state index < -0.39 is 0 Å². The lowest BCUT2D eigenvalue weighted by Gasteiger charge is -2.57. The van der Waals surface area contributed by atoms with E-state index in [2.05, 4.69) is 5.32 Å². The van der Waals surface area contributed by atoms with Gasteiger partial charge in [-0.15, -0.1) is 0 Å². The monoisotopic (exact) mass is 412 g/mol. The van der Waals surface area contributed by atoms with Crippen molar-refractivity contribution in [2.24, 2.45) is 23.2 Å². The van der Waals surface area contributed by atoms with Gasteiger partial charge in [-0.2, -0.15) is 0 Å². The highest BCUT2D eigenvalue weighted by atomic mass is 16.3. The van der Waals surface area contributed by atoms with Crippen LogP contribution in [0.15, 0.2) is 18.2 Å². The van der Waals surface area contributed by atoms with Crippen LogP contribution in [0.3, 0.4) is 0 Å². The number of amides is 2. The molecule has 5 fully saturated rings. The fraction of sp³-hybridized carbons (Fsp3) is 0.667. The van der Waals surface area contributed by atoms with Crippen molar-refractivity contribution in [2.45, 2.75) is 63.8 Å². The Morgan fingerprint density at radius 1 is 0.933 bits per heavy atom. The van der Waals surface area contributed by atoms with Gasteiger partial charge in [-0.05, 0) is 86.7 Å². The van der Waals surface area contributed by atoms with Crippen molar-refractivity contribution in [3.05, 3.63) is 23.8 Å². The Labute approximate surface area is 177 Å². The molecule has 6 nitrogen and oxygen atoms in total. The van der Waals surface area contributed by atoms with Crippen molar-refractivity contribution < 1.29 is 19.8 Å². The van der Waals surface area contributed by atoms with Crippen molar-refractivity contribution in [1.82, 2.24) is 10.2 Å². The molecule has 4 bridgehead atoms. The van der Waals surface area contributed by atoms with Crippen LogP contribution in [-0.4, -0.2) is 46.1 Å². The quantitative estimate of drug-likeness (QED) is 0.707. The molecule has 6 rings (SSSR count). The summed E-state index contributed by atoms with van der Waals surface area (Å²) in [6, 6.07) is 3.90. The maximum Gasteiger partial charge on any atom is 0.251 e. The van der Waals surface area contributed by atoms with Crippen LogP contribution in [0.25, 0.3) is 0 Å². The van der Waals surface area contributed by atoms with E-state index >= 15 is 0 Å². The Morgan fingerprint density at radius 3 is 2.00 bits per heavy atom. The van der Waals surface area contributed by atoms with Crippen molar-refractivity contribution in [3.63, 3.8) is 0 Å². The van der Waals surface area contributed by atoms with Gasteiger partial charge in [-0.25, -0.2) is 0 Å². The number of nitrogens with one attached hydrogen (secondary N) is 1. The number of carbonyl (C=O) groups is 2. The number of rotatable bonds is 4. The van der Waals surface area contributed by atoms with Crippen molar-refractivity contribution in [1.29, 1.82) is 0 Å². The molecule has 1 aromatic carbocycles. The molecule has 162 valence electrons. The third-order valence-corrected chi connectivity index (χ3v) is 8.04. The number of hydrogen-bond donors (Lipinski definition) is 3. The van der Waals surface area contributed by atoms with Crippen LogP contribution in [0.5, 0.6) is 11.5 Å². The first-order valence-electron chi connectivity index (χ1n) is 11.5. The molecule has 4 saturated carbocycles. The molecule has 5 aliphatic rings. The highest BCUT2D eigenvalue weighted by Gasteiger charge is 2.51. The summed E-state index contributed by atoms with van der Waals surface area (Å²) in [6.45, 7) is 1.36. The summed E-state index contributed by atoms with van der Waals surface area (Å²) in [4.78, 5) is 27.5. The first kappa shape index (κ1) is 19.7. The van der Waals surface area contributed by atoms with E-state index in [0.717, 1.165) is 37.0 Å². The molecule has 30 heavy (non-hydrogen) atoms. The second-order valence-corrected chi connectivity index (χ2v) is 10.5.